The number of phenols is 2. The average molecular weight is 579 g/mol. The number of tetrazole rings is 2. The number of phenolic OH excluding ortho intramolecular Hbond substituents is 2. The van der Waals surface area contributed by atoms with Gasteiger partial charge in [0.15, 0.2) is 11.6 Å². The Morgan fingerprint density at radius 2 is 1.28 bits per heavy atom. The molecule has 2 heterocycles. The molecule has 0 saturated heterocycles. The zero-order valence-corrected chi connectivity index (χ0v) is 24.6. The fourth-order valence-corrected chi connectivity index (χ4v) is 5.02. The molecular formula is C31H34N10O2. The van der Waals surface area contributed by atoms with Crippen LogP contribution in [-0.4, -0.2) is 63.3 Å². The molecule has 0 spiro atoms. The van der Waals surface area contributed by atoms with E-state index in [9.17, 15) is 10.2 Å². The molecule has 2 aromatic heterocycles. The molecule has 43 heavy (non-hydrogen) atoms. The third-order valence-electron chi connectivity index (χ3n) is 7.53. The molecule has 0 radical (unpaired) electrons. The van der Waals surface area contributed by atoms with E-state index >= 15 is 0 Å². The molecule has 220 valence electrons. The highest BCUT2D eigenvalue weighted by Crippen LogP contribution is 2.41. The summed E-state index contributed by atoms with van der Waals surface area (Å²) in [7, 11) is 0. The maximum Gasteiger partial charge on any atom is 0.173 e. The van der Waals surface area contributed by atoms with Crippen molar-refractivity contribution in [2.24, 2.45) is 16.1 Å². The molecule has 2 N–H and O–H groups in total. The molecule has 0 fully saturated rings. The maximum absolute atomic E-state index is 11.2. The van der Waals surface area contributed by atoms with Crippen molar-refractivity contribution in [2.45, 2.75) is 52.9 Å². The predicted octanol–water partition coefficient (Wildman–Crippen LogP) is 4.61. The van der Waals surface area contributed by atoms with E-state index in [0.717, 1.165) is 36.0 Å². The average Bonchev–Trinajstić information content (AvgIpc) is 3.63. The molecule has 0 amide bonds. The van der Waals surface area contributed by atoms with Crippen LogP contribution in [0.15, 0.2) is 70.9 Å². The Bertz CT molecular complexity index is 1650. The fourth-order valence-electron chi connectivity index (χ4n) is 5.02. The molecule has 0 aliphatic rings. The van der Waals surface area contributed by atoms with E-state index in [0.29, 0.717) is 28.7 Å². The molecule has 5 aromatic rings. The lowest BCUT2D eigenvalue weighted by Crippen LogP contribution is -2.08. The second-order valence-corrected chi connectivity index (χ2v) is 10.4. The lowest BCUT2D eigenvalue weighted by molar-refractivity contribution is 0.458. The number of aromatic hydroxyl groups is 2. The fraction of sp³-hybridized carbons (Fsp3) is 0.290. The molecule has 0 saturated carbocycles. The largest absolute Gasteiger partial charge is 0.508 e. The van der Waals surface area contributed by atoms with Crippen molar-refractivity contribution in [1.29, 1.82) is 0 Å². The Labute approximate surface area is 249 Å². The van der Waals surface area contributed by atoms with E-state index in [2.05, 4.69) is 67.2 Å². The van der Waals surface area contributed by atoms with Crippen molar-refractivity contribution >= 4 is 12.4 Å². The molecule has 3 aromatic carbocycles. The number of aryl methyl sites for hydroxylation is 2. The van der Waals surface area contributed by atoms with Crippen LogP contribution in [0.2, 0.25) is 0 Å². The van der Waals surface area contributed by atoms with Crippen LogP contribution in [-0.2, 0) is 6.42 Å². The Morgan fingerprint density at radius 1 is 0.744 bits per heavy atom. The van der Waals surface area contributed by atoms with Crippen molar-refractivity contribution in [2.75, 3.05) is 0 Å². The van der Waals surface area contributed by atoms with Crippen LogP contribution in [0.25, 0.3) is 0 Å². The summed E-state index contributed by atoms with van der Waals surface area (Å²) in [6.07, 6.45) is 6.39. The standard InChI is InChI=1S/C31H34N10O2/c1-5-22(6-2)14-23-8-7-9-26(15-23)31(27-16-24(10-12-29(27)42)18-32-40-20(3)34-36-38-40)28-17-25(11-13-30(28)43)19-33-41-21(4)35-37-39-41/h7-13,15-19,22,31,42-43H,5-6,14H2,1-4H3. The maximum atomic E-state index is 11.2. The molecule has 5 rings (SSSR count). The van der Waals surface area contributed by atoms with E-state index in [1.165, 1.54) is 15.1 Å². The van der Waals surface area contributed by atoms with E-state index in [1.807, 2.05) is 24.3 Å². The van der Waals surface area contributed by atoms with Gasteiger partial charge in [-0.1, -0.05) is 51.0 Å². The summed E-state index contributed by atoms with van der Waals surface area (Å²) in [6.45, 7) is 7.93. The van der Waals surface area contributed by atoms with Gasteiger partial charge in [0.25, 0.3) is 0 Å². The van der Waals surface area contributed by atoms with Gasteiger partial charge in [0, 0.05) is 17.0 Å². The Kier molecular flexibility index (Phi) is 8.94. The van der Waals surface area contributed by atoms with Gasteiger partial charge in [-0.15, -0.1) is 19.8 Å². The lowest BCUT2D eigenvalue weighted by atomic mass is 9.81. The van der Waals surface area contributed by atoms with Gasteiger partial charge in [0.1, 0.15) is 11.5 Å². The molecule has 0 atom stereocenters. The molecule has 0 bridgehead atoms. The monoisotopic (exact) mass is 578 g/mol. The highest BCUT2D eigenvalue weighted by Gasteiger charge is 2.24. The first-order valence-electron chi connectivity index (χ1n) is 14.2. The van der Waals surface area contributed by atoms with E-state index in [1.54, 1.807) is 50.5 Å². The summed E-state index contributed by atoms with van der Waals surface area (Å²) < 4.78 is 0. The summed E-state index contributed by atoms with van der Waals surface area (Å²) in [6, 6.07) is 18.9. The van der Waals surface area contributed by atoms with Crippen LogP contribution in [0.3, 0.4) is 0 Å². The number of aromatic nitrogens is 8. The van der Waals surface area contributed by atoms with Gasteiger partial charge in [-0.2, -0.15) is 10.2 Å². The highest BCUT2D eigenvalue weighted by atomic mass is 16.3. The minimum Gasteiger partial charge on any atom is -0.508 e. The van der Waals surface area contributed by atoms with Crippen molar-refractivity contribution in [3.8, 4) is 11.5 Å². The van der Waals surface area contributed by atoms with Gasteiger partial charge in [-0.3, -0.25) is 0 Å². The molecular weight excluding hydrogens is 544 g/mol. The van der Waals surface area contributed by atoms with Crippen molar-refractivity contribution in [1.82, 2.24) is 40.6 Å². The number of hydrogen-bond acceptors (Lipinski definition) is 10. The third-order valence-corrected chi connectivity index (χ3v) is 7.53. The number of rotatable bonds is 11. The first-order chi connectivity index (χ1) is 20.9. The zero-order chi connectivity index (χ0) is 30.3. The lowest BCUT2D eigenvalue weighted by Gasteiger charge is -2.23. The quantitative estimate of drug-likeness (QED) is 0.170. The summed E-state index contributed by atoms with van der Waals surface area (Å²) in [5.74, 6) is 1.33. The zero-order valence-electron chi connectivity index (χ0n) is 24.6. The van der Waals surface area contributed by atoms with Crippen LogP contribution in [0.5, 0.6) is 11.5 Å². The smallest absolute Gasteiger partial charge is 0.173 e. The first kappa shape index (κ1) is 29.2. The topological polar surface area (TPSA) is 152 Å². The van der Waals surface area contributed by atoms with Crippen molar-refractivity contribution in [3.63, 3.8) is 0 Å². The summed E-state index contributed by atoms with van der Waals surface area (Å²) in [4.78, 5) is 2.65. The van der Waals surface area contributed by atoms with Crippen LogP contribution < -0.4 is 0 Å². The summed E-state index contributed by atoms with van der Waals surface area (Å²) >= 11 is 0. The normalized spacial score (nSPS) is 12.6. The number of nitrogens with zero attached hydrogens (tertiary/aromatic N) is 10. The molecule has 0 aliphatic carbocycles. The number of hydrogen-bond donors (Lipinski definition) is 2. The van der Waals surface area contributed by atoms with Crippen LogP contribution >= 0.6 is 0 Å². The minimum absolute atomic E-state index is 0.0916. The van der Waals surface area contributed by atoms with E-state index in [-0.39, 0.29) is 11.5 Å². The van der Waals surface area contributed by atoms with E-state index < -0.39 is 5.92 Å². The SMILES string of the molecule is CCC(CC)Cc1cccc(C(c2cc(C=Nn3nnnc3C)ccc2O)c2cc(C=Nn3nnnc3C)ccc2O)c1. The third kappa shape index (κ3) is 6.80. The van der Waals surface area contributed by atoms with Gasteiger partial charge < -0.3 is 10.2 Å². The van der Waals surface area contributed by atoms with Crippen LogP contribution in [0, 0.1) is 19.8 Å². The minimum atomic E-state index is -0.507. The molecule has 12 nitrogen and oxygen atoms in total. The second-order valence-electron chi connectivity index (χ2n) is 10.4. The Balaban J connectivity index is 1.62. The Morgan fingerprint density at radius 3 is 1.74 bits per heavy atom. The van der Waals surface area contributed by atoms with Crippen LogP contribution in [0.4, 0.5) is 0 Å². The highest BCUT2D eigenvalue weighted by molar-refractivity contribution is 5.82. The predicted molar refractivity (Wildman–Crippen MR) is 162 cm³/mol. The Hall–Kier alpha value is -5.26. The first-order valence-corrected chi connectivity index (χ1v) is 14.2. The van der Waals surface area contributed by atoms with Crippen molar-refractivity contribution < 1.29 is 10.2 Å². The second kappa shape index (κ2) is 13.1. The van der Waals surface area contributed by atoms with E-state index in [4.69, 9.17) is 0 Å². The summed E-state index contributed by atoms with van der Waals surface area (Å²) in [5, 5.41) is 53.8. The van der Waals surface area contributed by atoms with Crippen molar-refractivity contribution in [3.05, 3.63) is 106 Å². The van der Waals surface area contributed by atoms with Gasteiger partial charge >= 0.3 is 0 Å². The van der Waals surface area contributed by atoms with Gasteiger partial charge in [0.05, 0.1) is 12.4 Å². The van der Waals surface area contributed by atoms with Crippen LogP contribution in [0.1, 0.15) is 77.6 Å². The molecule has 0 aliphatic heterocycles. The molecule has 0 unspecified atom stereocenters. The number of benzene rings is 3. The molecule has 12 heteroatoms. The summed E-state index contributed by atoms with van der Waals surface area (Å²) in [5.41, 5.74) is 4.81. The van der Waals surface area contributed by atoms with Gasteiger partial charge in [-0.05, 0) is 106 Å². The van der Waals surface area contributed by atoms with Gasteiger partial charge in [-0.25, -0.2) is 0 Å². The van der Waals surface area contributed by atoms with Gasteiger partial charge in [0.2, 0.25) is 0 Å².